The van der Waals surface area contributed by atoms with Crippen LogP contribution < -0.4 is 5.73 Å². The van der Waals surface area contributed by atoms with Crippen molar-refractivity contribution in [2.45, 2.75) is 6.18 Å². The molecule has 2 rings (SSSR count). The van der Waals surface area contributed by atoms with E-state index in [2.05, 4.69) is 0 Å². The number of nitrogens with two attached hydrogens (primary N) is 1. The molecular formula is C13H10F3NO. The lowest BCUT2D eigenvalue weighted by molar-refractivity contribution is -0.137. The lowest BCUT2D eigenvalue weighted by Gasteiger charge is -2.10. The number of phenolic OH excluding ortho intramolecular Hbond substituents is 1. The minimum Gasteiger partial charge on any atom is -0.508 e. The van der Waals surface area contributed by atoms with Crippen molar-refractivity contribution in [3.8, 4) is 16.9 Å². The molecule has 0 aliphatic carbocycles. The molecule has 0 atom stereocenters. The zero-order valence-electron chi connectivity index (χ0n) is 9.20. The molecule has 0 aliphatic rings. The van der Waals surface area contributed by atoms with Crippen molar-refractivity contribution in [2.24, 2.45) is 0 Å². The number of aromatic hydroxyl groups is 1. The van der Waals surface area contributed by atoms with E-state index in [1.165, 1.54) is 30.3 Å². The molecule has 0 fully saturated rings. The highest BCUT2D eigenvalue weighted by Gasteiger charge is 2.30. The van der Waals surface area contributed by atoms with Gasteiger partial charge in [0.2, 0.25) is 0 Å². The van der Waals surface area contributed by atoms with Crippen molar-refractivity contribution in [3.05, 3.63) is 48.0 Å². The van der Waals surface area contributed by atoms with Crippen LogP contribution in [0.2, 0.25) is 0 Å². The molecule has 0 amide bonds. The maximum atomic E-state index is 12.6. The Morgan fingerprint density at radius 1 is 1.00 bits per heavy atom. The largest absolute Gasteiger partial charge is 0.508 e. The topological polar surface area (TPSA) is 46.2 Å². The lowest BCUT2D eigenvalue weighted by atomic mass is 10.0. The summed E-state index contributed by atoms with van der Waals surface area (Å²) in [6.07, 6.45) is -4.40. The Balaban J connectivity index is 2.55. The van der Waals surface area contributed by atoms with Crippen LogP contribution in [-0.4, -0.2) is 5.11 Å². The van der Waals surface area contributed by atoms with Crippen molar-refractivity contribution < 1.29 is 18.3 Å². The summed E-state index contributed by atoms with van der Waals surface area (Å²) in [7, 11) is 0. The van der Waals surface area contributed by atoms with Gasteiger partial charge in [-0.3, -0.25) is 0 Å². The fourth-order valence-corrected chi connectivity index (χ4v) is 1.66. The molecule has 0 aromatic heterocycles. The van der Waals surface area contributed by atoms with E-state index in [4.69, 9.17) is 5.73 Å². The van der Waals surface area contributed by atoms with Gasteiger partial charge in [-0.15, -0.1) is 0 Å². The normalized spacial score (nSPS) is 11.5. The molecule has 0 bridgehead atoms. The fourth-order valence-electron chi connectivity index (χ4n) is 1.66. The number of halogens is 3. The Kier molecular flexibility index (Phi) is 2.90. The Labute approximate surface area is 101 Å². The molecule has 2 nitrogen and oxygen atoms in total. The van der Waals surface area contributed by atoms with E-state index in [0.29, 0.717) is 16.8 Å². The molecule has 2 aromatic carbocycles. The molecule has 94 valence electrons. The second kappa shape index (κ2) is 4.25. The van der Waals surface area contributed by atoms with Gasteiger partial charge in [-0.2, -0.15) is 13.2 Å². The Morgan fingerprint density at radius 2 is 1.72 bits per heavy atom. The van der Waals surface area contributed by atoms with Crippen LogP contribution >= 0.6 is 0 Å². The number of hydrogen-bond donors (Lipinski definition) is 2. The monoisotopic (exact) mass is 253 g/mol. The number of nitrogen functional groups attached to an aromatic ring is 1. The summed E-state index contributed by atoms with van der Waals surface area (Å²) in [4.78, 5) is 0. The summed E-state index contributed by atoms with van der Waals surface area (Å²) in [6, 6.07) is 8.98. The maximum Gasteiger partial charge on any atom is 0.416 e. The second-order valence-electron chi connectivity index (χ2n) is 3.85. The van der Waals surface area contributed by atoms with Crippen molar-refractivity contribution in [3.63, 3.8) is 0 Å². The first-order chi connectivity index (χ1) is 8.38. The summed E-state index contributed by atoms with van der Waals surface area (Å²) < 4.78 is 37.7. The van der Waals surface area contributed by atoms with E-state index < -0.39 is 11.7 Å². The van der Waals surface area contributed by atoms with Gasteiger partial charge >= 0.3 is 6.18 Å². The van der Waals surface area contributed by atoms with Gasteiger partial charge in [0.25, 0.3) is 0 Å². The van der Waals surface area contributed by atoms with Gasteiger partial charge in [-0.25, -0.2) is 0 Å². The van der Waals surface area contributed by atoms with Crippen LogP contribution in [0.1, 0.15) is 5.56 Å². The average Bonchev–Trinajstić information content (AvgIpc) is 2.31. The van der Waals surface area contributed by atoms with Crippen LogP contribution in [0.3, 0.4) is 0 Å². The van der Waals surface area contributed by atoms with E-state index >= 15 is 0 Å². The van der Waals surface area contributed by atoms with Crippen molar-refractivity contribution in [1.29, 1.82) is 0 Å². The number of alkyl halides is 3. The third-order valence-electron chi connectivity index (χ3n) is 2.54. The molecule has 0 saturated heterocycles. The molecule has 3 N–H and O–H groups in total. The fraction of sp³-hybridized carbons (Fsp3) is 0.0769. The van der Waals surface area contributed by atoms with Crippen LogP contribution in [0.15, 0.2) is 42.5 Å². The Hall–Kier alpha value is -2.17. The minimum absolute atomic E-state index is 0.0448. The number of phenols is 1. The number of benzene rings is 2. The third kappa shape index (κ3) is 2.40. The first-order valence-electron chi connectivity index (χ1n) is 5.14. The summed E-state index contributed by atoms with van der Waals surface area (Å²) in [5.41, 5.74) is 5.95. The average molecular weight is 253 g/mol. The van der Waals surface area contributed by atoms with E-state index in [1.54, 1.807) is 0 Å². The predicted molar refractivity (Wildman–Crippen MR) is 63.0 cm³/mol. The molecule has 0 heterocycles. The maximum absolute atomic E-state index is 12.6. The van der Waals surface area contributed by atoms with Gasteiger partial charge < -0.3 is 10.8 Å². The van der Waals surface area contributed by atoms with Gasteiger partial charge in [0.15, 0.2) is 0 Å². The van der Waals surface area contributed by atoms with Crippen molar-refractivity contribution in [2.75, 3.05) is 5.73 Å². The lowest BCUT2D eigenvalue weighted by Crippen LogP contribution is -2.04. The number of rotatable bonds is 1. The van der Waals surface area contributed by atoms with Crippen molar-refractivity contribution in [1.82, 2.24) is 0 Å². The van der Waals surface area contributed by atoms with Crippen LogP contribution in [0, 0.1) is 0 Å². The van der Waals surface area contributed by atoms with Gasteiger partial charge in [-0.05, 0) is 35.9 Å². The molecule has 0 aliphatic heterocycles. The van der Waals surface area contributed by atoms with E-state index in [1.807, 2.05) is 0 Å². The van der Waals surface area contributed by atoms with E-state index in [0.717, 1.165) is 12.1 Å². The standard InChI is InChI=1S/C13H10F3NO/c14-13(15,16)9-3-1-2-8(6-9)11-7-10(18)4-5-12(11)17/h1-7,18H,17H2. The molecule has 5 heteroatoms. The van der Waals surface area contributed by atoms with Crippen LogP contribution in [0.5, 0.6) is 5.75 Å². The van der Waals surface area contributed by atoms with Gasteiger partial charge in [0.05, 0.1) is 5.56 Å². The molecule has 18 heavy (non-hydrogen) atoms. The molecular weight excluding hydrogens is 243 g/mol. The zero-order valence-corrected chi connectivity index (χ0v) is 9.20. The van der Waals surface area contributed by atoms with E-state index in [9.17, 15) is 18.3 Å². The molecule has 2 aromatic rings. The van der Waals surface area contributed by atoms with Crippen LogP contribution in [-0.2, 0) is 6.18 Å². The third-order valence-corrected chi connectivity index (χ3v) is 2.54. The highest BCUT2D eigenvalue weighted by Crippen LogP contribution is 2.34. The first kappa shape index (κ1) is 12.3. The van der Waals surface area contributed by atoms with Gasteiger partial charge in [0.1, 0.15) is 5.75 Å². The number of anilines is 1. The quantitative estimate of drug-likeness (QED) is 0.601. The Bertz CT molecular complexity index is 579. The molecule has 0 radical (unpaired) electrons. The van der Waals surface area contributed by atoms with Crippen molar-refractivity contribution >= 4 is 5.69 Å². The second-order valence-corrected chi connectivity index (χ2v) is 3.85. The highest BCUT2D eigenvalue weighted by molar-refractivity contribution is 5.77. The zero-order chi connectivity index (χ0) is 13.3. The Morgan fingerprint density at radius 3 is 2.39 bits per heavy atom. The number of hydrogen-bond acceptors (Lipinski definition) is 2. The molecule has 0 unspecified atom stereocenters. The summed E-state index contributed by atoms with van der Waals surface area (Å²) in [5.74, 6) is -0.0448. The first-order valence-corrected chi connectivity index (χ1v) is 5.14. The van der Waals surface area contributed by atoms with E-state index in [-0.39, 0.29) is 5.75 Å². The molecule has 0 saturated carbocycles. The summed E-state index contributed by atoms with van der Waals surface area (Å²) >= 11 is 0. The predicted octanol–water partition coefficient (Wildman–Crippen LogP) is 3.66. The summed E-state index contributed by atoms with van der Waals surface area (Å²) in [5, 5.41) is 9.35. The SMILES string of the molecule is Nc1ccc(O)cc1-c1cccc(C(F)(F)F)c1. The smallest absolute Gasteiger partial charge is 0.416 e. The minimum atomic E-state index is -4.40. The van der Waals surface area contributed by atoms with Gasteiger partial charge in [-0.1, -0.05) is 12.1 Å². The highest BCUT2D eigenvalue weighted by atomic mass is 19.4. The van der Waals surface area contributed by atoms with Crippen LogP contribution in [0.4, 0.5) is 18.9 Å². The summed E-state index contributed by atoms with van der Waals surface area (Å²) in [6.45, 7) is 0. The van der Waals surface area contributed by atoms with Gasteiger partial charge in [0, 0.05) is 11.3 Å². The molecule has 0 spiro atoms. The van der Waals surface area contributed by atoms with Crippen LogP contribution in [0.25, 0.3) is 11.1 Å².